The summed E-state index contributed by atoms with van der Waals surface area (Å²) < 4.78 is 5.12. The standard InChI is InChI=1S/C11H17N3OS/c1-11(2,3)14-10(16)13-8-6-5-7-12-9(8)15-4/h5-7H,1-4H3,(H2,13,14,16). The van der Waals surface area contributed by atoms with Crippen molar-refractivity contribution in [1.29, 1.82) is 0 Å². The normalized spacial score (nSPS) is 10.8. The highest BCUT2D eigenvalue weighted by Gasteiger charge is 2.12. The Bertz CT molecular complexity index is 374. The van der Waals surface area contributed by atoms with Gasteiger partial charge in [-0.1, -0.05) is 0 Å². The lowest BCUT2D eigenvalue weighted by atomic mass is 10.1. The molecule has 16 heavy (non-hydrogen) atoms. The summed E-state index contributed by atoms with van der Waals surface area (Å²) in [7, 11) is 1.58. The highest BCUT2D eigenvalue weighted by atomic mass is 32.1. The first-order chi connectivity index (χ1) is 7.42. The second kappa shape index (κ2) is 5.12. The predicted octanol–water partition coefficient (Wildman–Crippen LogP) is 2.18. The summed E-state index contributed by atoms with van der Waals surface area (Å²) >= 11 is 5.19. The van der Waals surface area contributed by atoms with Crippen LogP contribution in [-0.2, 0) is 0 Å². The van der Waals surface area contributed by atoms with Gasteiger partial charge < -0.3 is 15.4 Å². The summed E-state index contributed by atoms with van der Waals surface area (Å²) in [5.41, 5.74) is 0.686. The largest absolute Gasteiger partial charge is 0.480 e. The van der Waals surface area contributed by atoms with Crippen molar-refractivity contribution < 1.29 is 4.74 Å². The van der Waals surface area contributed by atoms with E-state index < -0.39 is 0 Å². The van der Waals surface area contributed by atoms with Gasteiger partial charge in [0.2, 0.25) is 5.88 Å². The fourth-order valence-corrected chi connectivity index (χ4v) is 1.56. The molecule has 0 aliphatic carbocycles. The zero-order valence-electron chi connectivity index (χ0n) is 10.00. The zero-order chi connectivity index (χ0) is 12.2. The predicted molar refractivity (Wildman–Crippen MR) is 69.9 cm³/mol. The lowest BCUT2D eigenvalue weighted by Crippen LogP contribution is -2.43. The Morgan fingerprint density at radius 2 is 2.12 bits per heavy atom. The number of nitrogens with one attached hydrogen (secondary N) is 2. The quantitative estimate of drug-likeness (QED) is 0.775. The molecular weight excluding hydrogens is 222 g/mol. The van der Waals surface area contributed by atoms with E-state index in [1.54, 1.807) is 13.3 Å². The summed E-state index contributed by atoms with van der Waals surface area (Å²) in [5, 5.41) is 6.76. The molecule has 88 valence electrons. The first-order valence-corrected chi connectivity index (χ1v) is 5.41. The highest BCUT2D eigenvalue weighted by Crippen LogP contribution is 2.19. The third kappa shape index (κ3) is 4.02. The number of hydrogen-bond acceptors (Lipinski definition) is 3. The summed E-state index contributed by atoms with van der Waals surface area (Å²) in [5.74, 6) is 0.528. The molecule has 5 heteroatoms. The molecule has 2 N–H and O–H groups in total. The number of nitrogens with zero attached hydrogens (tertiary/aromatic N) is 1. The Labute approximate surface area is 101 Å². The van der Waals surface area contributed by atoms with Crippen molar-refractivity contribution in [3.05, 3.63) is 18.3 Å². The number of rotatable bonds is 2. The zero-order valence-corrected chi connectivity index (χ0v) is 10.8. The molecule has 0 saturated heterocycles. The van der Waals surface area contributed by atoms with Gasteiger partial charge in [0.25, 0.3) is 0 Å². The Morgan fingerprint density at radius 1 is 1.44 bits per heavy atom. The molecule has 0 atom stereocenters. The van der Waals surface area contributed by atoms with Crippen LogP contribution >= 0.6 is 12.2 Å². The molecule has 0 spiro atoms. The molecule has 0 aliphatic rings. The van der Waals surface area contributed by atoms with Gasteiger partial charge in [0.15, 0.2) is 5.11 Å². The summed E-state index contributed by atoms with van der Waals surface area (Å²) in [6, 6.07) is 3.69. The molecule has 0 fully saturated rings. The third-order valence-electron chi connectivity index (χ3n) is 1.70. The van der Waals surface area contributed by atoms with Crippen LogP contribution in [0.4, 0.5) is 5.69 Å². The maximum absolute atomic E-state index is 5.19. The van der Waals surface area contributed by atoms with Crippen LogP contribution in [0.1, 0.15) is 20.8 Å². The minimum atomic E-state index is -0.0699. The average molecular weight is 239 g/mol. The molecule has 1 heterocycles. The van der Waals surface area contributed by atoms with Crippen molar-refractivity contribution in [2.24, 2.45) is 0 Å². The van der Waals surface area contributed by atoms with E-state index in [1.807, 2.05) is 32.9 Å². The van der Waals surface area contributed by atoms with E-state index in [4.69, 9.17) is 17.0 Å². The van der Waals surface area contributed by atoms with E-state index in [9.17, 15) is 0 Å². The number of ether oxygens (including phenoxy) is 1. The van der Waals surface area contributed by atoms with Gasteiger partial charge in [0, 0.05) is 11.7 Å². The van der Waals surface area contributed by atoms with Gasteiger partial charge in [-0.25, -0.2) is 4.98 Å². The SMILES string of the molecule is COc1ncccc1NC(=S)NC(C)(C)C. The molecule has 0 aromatic carbocycles. The van der Waals surface area contributed by atoms with Crippen LogP contribution in [0.2, 0.25) is 0 Å². The van der Waals surface area contributed by atoms with Crippen LogP contribution in [0.5, 0.6) is 5.88 Å². The minimum Gasteiger partial charge on any atom is -0.480 e. The van der Waals surface area contributed by atoms with Gasteiger partial charge in [-0.05, 0) is 45.1 Å². The molecule has 1 aromatic heterocycles. The molecule has 4 nitrogen and oxygen atoms in total. The van der Waals surface area contributed by atoms with E-state index in [-0.39, 0.29) is 5.54 Å². The second-order valence-corrected chi connectivity index (χ2v) is 4.80. The molecule has 1 rings (SSSR count). The summed E-state index contributed by atoms with van der Waals surface area (Å²) in [6.07, 6.45) is 1.67. The fraction of sp³-hybridized carbons (Fsp3) is 0.455. The average Bonchev–Trinajstić information content (AvgIpc) is 2.15. The summed E-state index contributed by atoms with van der Waals surface area (Å²) in [6.45, 7) is 6.13. The van der Waals surface area contributed by atoms with Crippen molar-refractivity contribution in [3.8, 4) is 5.88 Å². The van der Waals surface area contributed by atoms with E-state index in [1.165, 1.54) is 0 Å². The number of methoxy groups -OCH3 is 1. The number of pyridine rings is 1. The van der Waals surface area contributed by atoms with Gasteiger partial charge in [0.05, 0.1) is 7.11 Å². The van der Waals surface area contributed by atoms with Crippen LogP contribution in [0.25, 0.3) is 0 Å². The lowest BCUT2D eigenvalue weighted by Gasteiger charge is -2.23. The van der Waals surface area contributed by atoms with E-state index in [0.29, 0.717) is 11.0 Å². The first-order valence-electron chi connectivity index (χ1n) is 5.00. The van der Waals surface area contributed by atoms with Gasteiger partial charge in [-0.3, -0.25) is 0 Å². The molecule has 0 amide bonds. The number of aromatic nitrogens is 1. The Morgan fingerprint density at radius 3 is 2.69 bits per heavy atom. The van der Waals surface area contributed by atoms with E-state index in [2.05, 4.69) is 15.6 Å². The number of thiocarbonyl (C=S) groups is 1. The molecule has 0 unspecified atom stereocenters. The molecule has 0 bridgehead atoms. The van der Waals surface area contributed by atoms with Crippen molar-refractivity contribution in [2.45, 2.75) is 26.3 Å². The molecule has 0 aliphatic heterocycles. The Hall–Kier alpha value is -1.36. The van der Waals surface area contributed by atoms with Crippen LogP contribution in [0.15, 0.2) is 18.3 Å². The van der Waals surface area contributed by atoms with Crippen molar-refractivity contribution in [3.63, 3.8) is 0 Å². The molecule has 0 radical (unpaired) electrons. The fourth-order valence-electron chi connectivity index (χ4n) is 1.14. The Kier molecular flexibility index (Phi) is 4.06. The van der Waals surface area contributed by atoms with Crippen molar-refractivity contribution in [1.82, 2.24) is 10.3 Å². The molecular formula is C11H17N3OS. The molecule has 1 aromatic rings. The second-order valence-electron chi connectivity index (χ2n) is 4.39. The number of anilines is 1. The summed E-state index contributed by atoms with van der Waals surface area (Å²) in [4.78, 5) is 4.07. The Balaban J connectivity index is 2.70. The molecule has 0 saturated carbocycles. The van der Waals surface area contributed by atoms with Crippen LogP contribution in [-0.4, -0.2) is 22.7 Å². The van der Waals surface area contributed by atoms with Gasteiger partial charge >= 0.3 is 0 Å². The maximum Gasteiger partial charge on any atom is 0.237 e. The van der Waals surface area contributed by atoms with Gasteiger partial charge in [-0.2, -0.15) is 0 Å². The van der Waals surface area contributed by atoms with Crippen LogP contribution in [0, 0.1) is 0 Å². The number of hydrogen-bond donors (Lipinski definition) is 2. The highest BCUT2D eigenvalue weighted by molar-refractivity contribution is 7.80. The monoisotopic (exact) mass is 239 g/mol. The van der Waals surface area contributed by atoms with Crippen LogP contribution < -0.4 is 15.4 Å². The van der Waals surface area contributed by atoms with Crippen molar-refractivity contribution >= 4 is 23.0 Å². The van der Waals surface area contributed by atoms with Gasteiger partial charge in [-0.15, -0.1) is 0 Å². The smallest absolute Gasteiger partial charge is 0.237 e. The van der Waals surface area contributed by atoms with Crippen LogP contribution in [0.3, 0.4) is 0 Å². The van der Waals surface area contributed by atoms with Crippen molar-refractivity contribution in [2.75, 3.05) is 12.4 Å². The maximum atomic E-state index is 5.19. The van der Waals surface area contributed by atoms with Gasteiger partial charge in [0.1, 0.15) is 5.69 Å². The topological polar surface area (TPSA) is 46.2 Å². The minimum absolute atomic E-state index is 0.0699. The van der Waals surface area contributed by atoms with E-state index >= 15 is 0 Å². The third-order valence-corrected chi connectivity index (χ3v) is 1.91. The lowest BCUT2D eigenvalue weighted by molar-refractivity contribution is 0.400. The van der Waals surface area contributed by atoms with E-state index in [0.717, 1.165) is 5.69 Å². The first kappa shape index (κ1) is 12.7.